The molecule has 0 saturated carbocycles. The molecule has 136 valence electrons. The molecule has 0 spiro atoms. The lowest BCUT2D eigenvalue weighted by atomic mass is 10.2. The SMILES string of the molecule is CCc1ccc(OCC(=O)NC(=S)Nc2ccc([N+](=O)[O-])cc2C)cc1. The van der Waals surface area contributed by atoms with Crippen LogP contribution in [0.15, 0.2) is 42.5 Å². The number of amides is 1. The number of rotatable bonds is 6. The molecular weight excluding hydrogens is 354 g/mol. The molecular formula is C18H19N3O4S. The number of nitro groups is 1. The van der Waals surface area contributed by atoms with Crippen LogP contribution in [-0.2, 0) is 11.2 Å². The largest absolute Gasteiger partial charge is 0.484 e. The summed E-state index contributed by atoms with van der Waals surface area (Å²) in [6, 6.07) is 11.8. The van der Waals surface area contributed by atoms with E-state index >= 15 is 0 Å². The Balaban J connectivity index is 1.84. The molecule has 7 nitrogen and oxygen atoms in total. The number of nitrogens with one attached hydrogen (secondary N) is 2. The Bertz CT molecular complexity index is 822. The first-order valence-electron chi connectivity index (χ1n) is 7.96. The lowest BCUT2D eigenvalue weighted by Crippen LogP contribution is -2.37. The highest BCUT2D eigenvalue weighted by Gasteiger charge is 2.10. The highest BCUT2D eigenvalue weighted by molar-refractivity contribution is 7.80. The Morgan fingerprint density at radius 1 is 1.23 bits per heavy atom. The molecule has 0 aliphatic carbocycles. The number of hydrogen-bond acceptors (Lipinski definition) is 5. The molecule has 8 heteroatoms. The van der Waals surface area contributed by atoms with Gasteiger partial charge in [0, 0.05) is 17.8 Å². The third kappa shape index (κ3) is 5.52. The van der Waals surface area contributed by atoms with Crippen LogP contribution in [0.2, 0.25) is 0 Å². The van der Waals surface area contributed by atoms with Crippen LogP contribution in [-0.4, -0.2) is 22.5 Å². The van der Waals surface area contributed by atoms with Gasteiger partial charge in [-0.3, -0.25) is 20.2 Å². The zero-order valence-corrected chi connectivity index (χ0v) is 15.3. The van der Waals surface area contributed by atoms with Crippen molar-refractivity contribution in [3.05, 3.63) is 63.7 Å². The van der Waals surface area contributed by atoms with Crippen LogP contribution in [0.5, 0.6) is 5.75 Å². The number of nitrogens with zero attached hydrogens (tertiary/aromatic N) is 1. The average molecular weight is 373 g/mol. The Labute approximate surface area is 156 Å². The van der Waals surface area contributed by atoms with E-state index in [0.29, 0.717) is 17.0 Å². The molecule has 0 aliphatic rings. The summed E-state index contributed by atoms with van der Waals surface area (Å²) in [5.74, 6) is 0.198. The number of aryl methyl sites for hydroxylation is 2. The second-order valence-electron chi connectivity index (χ2n) is 5.54. The smallest absolute Gasteiger partial charge is 0.269 e. The molecule has 0 atom stereocenters. The minimum atomic E-state index is -0.471. The first kappa shape index (κ1) is 19.3. The summed E-state index contributed by atoms with van der Waals surface area (Å²) in [6.07, 6.45) is 0.933. The Hall–Kier alpha value is -3.00. The van der Waals surface area contributed by atoms with E-state index in [2.05, 4.69) is 17.6 Å². The van der Waals surface area contributed by atoms with Gasteiger partial charge in [-0.15, -0.1) is 0 Å². The fraction of sp³-hybridized carbons (Fsp3) is 0.222. The second-order valence-corrected chi connectivity index (χ2v) is 5.95. The summed E-state index contributed by atoms with van der Waals surface area (Å²) in [6.45, 7) is 3.60. The van der Waals surface area contributed by atoms with E-state index < -0.39 is 10.8 Å². The van der Waals surface area contributed by atoms with Gasteiger partial charge >= 0.3 is 0 Å². The van der Waals surface area contributed by atoms with Crippen LogP contribution < -0.4 is 15.4 Å². The van der Waals surface area contributed by atoms with E-state index in [9.17, 15) is 14.9 Å². The number of benzene rings is 2. The molecule has 2 rings (SSSR count). The van der Waals surface area contributed by atoms with E-state index in [1.165, 1.54) is 23.8 Å². The highest BCUT2D eigenvalue weighted by atomic mass is 32.1. The molecule has 0 aliphatic heterocycles. The number of ether oxygens (including phenoxy) is 1. The number of non-ortho nitro benzene ring substituents is 1. The predicted molar refractivity (Wildman–Crippen MR) is 104 cm³/mol. The molecule has 2 aromatic carbocycles. The zero-order chi connectivity index (χ0) is 19.1. The van der Waals surface area contributed by atoms with Gasteiger partial charge in [-0.2, -0.15) is 0 Å². The molecule has 26 heavy (non-hydrogen) atoms. The topological polar surface area (TPSA) is 93.5 Å². The number of anilines is 1. The van der Waals surface area contributed by atoms with Crippen LogP contribution in [0.3, 0.4) is 0 Å². The van der Waals surface area contributed by atoms with E-state index in [0.717, 1.165) is 6.42 Å². The monoisotopic (exact) mass is 373 g/mol. The standard InChI is InChI=1S/C18H19N3O4S/c1-3-13-4-7-15(8-5-13)25-11-17(22)20-18(26)19-16-9-6-14(21(23)24)10-12(16)2/h4-10H,3,11H2,1-2H3,(H2,19,20,22,26). The molecule has 0 unspecified atom stereocenters. The molecule has 2 N–H and O–H groups in total. The van der Waals surface area contributed by atoms with Gasteiger partial charge in [0.25, 0.3) is 11.6 Å². The summed E-state index contributed by atoms with van der Waals surface area (Å²) in [7, 11) is 0. The zero-order valence-electron chi connectivity index (χ0n) is 14.4. The van der Waals surface area contributed by atoms with Crippen molar-refractivity contribution in [3.63, 3.8) is 0 Å². The fourth-order valence-corrected chi connectivity index (χ4v) is 2.41. The molecule has 0 heterocycles. The van der Waals surface area contributed by atoms with Gasteiger partial charge in [-0.1, -0.05) is 19.1 Å². The Morgan fingerprint density at radius 3 is 2.50 bits per heavy atom. The van der Waals surface area contributed by atoms with Crippen molar-refractivity contribution >= 4 is 34.6 Å². The van der Waals surface area contributed by atoms with E-state index in [1.54, 1.807) is 6.92 Å². The number of carbonyl (C=O) groups is 1. The summed E-state index contributed by atoms with van der Waals surface area (Å²) < 4.78 is 5.41. The summed E-state index contributed by atoms with van der Waals surface area (Å²) in [5.41, 5.74) is 2.40. The first-order valence-corrected chi connectivity index (χ1v) is 8.37. The Morgan fingerprint density at radius 2 is 1.92 bits per heavy atom. The number of nitro benzene ring substituents is 1. The lowest BCUT2D eigenvalue weighted by Gasteiger charge is -2.12. The van der Waals surface area contributed by atoms with Gasteiger partial charge in [0.1, 0.15) is 5.75 Å². The van der Waals surface area contributed by atoms with Crippen molar-refractivity contribution in [1.82, 2.24) is 5.32 Å². The molecule has 0 fully saturated rings. The maximum Gasteiger partial charge on any atom is 0.269 e. The number of carbonyl (C=O) groups excluding carboxylic acids is 1. The maximum absolute atomic E-state index is 11.9. The molecule has 0 radical (unpaired) electrons. The third-order valence-corrected chi connectivity index (χ3v) is 3.83. The van der Waals surface area contributed by atoms with Crippen LogP contribution >= 0.6 is 12.2 Å². The van der Waals surface area contributed by atoms with E-state index in [-0.39, 0.29) is 17.4 Å². The van der Waals surface area contributed by atoms with Crippen LogP contribution in [0, 0.1) is 17.0 Å². The lowest BCUT2D eigenvalue weighted by molar-refractivity contribution is -0.384. The van der Waals surface area contributed by atoms with Crippen LogP contribution in [0.25, 0.3) is 0 Å². The normalized spacial score (nSPS) is 10.1. The quantitative estimate of drug-likeness (QED) is 0.458. The van der Waals surface area contributed by atoms with E-state index in [1.807, 2.05) is 24.3 Å². The molecule has 0 saturated heterocycles. The first-order chi connectivity index (χ1) is 12.4. The summed E-state index contributed by atoms with van der Waals surface area (Å²) in [4.78, 5) is 22.2. The van der Waals surface area contributed by atoms with Gasteiger partial charge in [0.2, 0.25) is 0 Å². The van der Waals surface area contributed by atoms with Crippen LogP contribution in [0.4, 0.5) is 11.4 Å². The van der Waals surface area contributed by atoms with Crippen molar-refractivity contribution in [2.75, 3.05) is 11.9 Å². The molecule has 0 aromatic heterocycles. The van der Waals surface area contributed by atoms with Crippen molar-refractivity contribution in [3.8, 4) is 5.75 Å². The minimum absolute atomic E-state index is 0.00880. The predicted octanol–water partition coefficient (Wildman–Crippen LogP) is 3.36. The van der Waals surface area contributed by atoms with Gasteiger partial charge in [-0.05, 0) is 54.9 Å². The van der Waals surface area contributed by atoms with Crippen molar-refractivity contribution in [2.45, 2.75) is 20.3 Å². The Kier molecular flexibility index (Phi) is 6.62. The fourth-order valence-electron chi connectivity index (χ4n) is 2.19. The highest BCUT2D eigenvalue weighted by Crippen LogP contribution is 2.21. The number of hydrogen-bond donors (Lipinski definition) is 2. The van der Waals surface area contributed by atoms with Crippen LogP contribution in [0.1, 0.15) is 18.1 Å². The van der Waals surface area contributed by atoms with Crippen molar-refractivity contribution in [2.24, 2.45) is 0 Å². The van der Waals surface area contributed by atoms with Gasteiger partial charge < -0.3 is 10.1 Å². The second kappa shape index (κ2) is 8.91. The summed E-state index contributed by atoms with van der Waals surface area (Å²) >= 11 is 5.09. The average Bonchev–Trinajstić information content (AvgIpc) is 2.62. The van der Waals surface area contributed by atoms with Crippen molar-refractivity contribution < 1.29 is 14.5 Å². The summed E-state index contributed by atoms with van der Waals surface area (Å²) in [5, 5.41) is 16.2. The molecule has 0 bridgehead atoms. The van der Waals surface area contributed by atoms with Gasteiger partial charge in [0.05, 0.1) is 4.92 Å². The van der Waals surface area contributed by atoms with E-state index in [4.69, 9.17) is 17.0 Å². The number of thiocarbonyl (C=S) groups is 1. The maximum atomic E-state index is 11.9. The molecule has 2 aromatic rings. The third-order valence-electron chi connectivity index (χ3n) is 3.62. The minimum Gasteiger partial charge on any atom is -0.484 e. The van der Waals surface area contributed by atoms with Gasteiger partial charge in [-0.25, -0.2) is 0 Å². The van der Waals surface area contributed by atoms with Gasteiger partial charge in [0.15, 0.2) is 11.7 Å². The molecule has 1 amide bonds. The van der Waals surface area contributed by atoms with Crippen molar-refractivity contribution in [1.29, 1.82) is 0 Å².